The molecule has 0 saturated carbocycles. The van der Waals surface area contributed by atoms with Crippen LogP contribution in [0.3, 0.4) is 0 Å². The SMILES string of the molecule is CN1CCN(C(=O)c2ccc(N/C(=C3\C(=O)Nc4cc(Cl)ccc43)c3ccc(N4CCCC4=O)cc3)cc2)CC1. The summed E-state index contributed by atoms with van der Waals surface area (Å²) < 4.78 is 0. The number of rotatable bonds is 5. The fourth-order valence-corrected chi connectivity index (χ4v) is 5.61. The number of carbonyl (C=O) groups is 3. The fourth-order valence-electron chi connectivity index (χ4n) is 5.43. The van der Waals surface area contributed by atoms with Gasteiger partial charge in [-0.3, -0.25) is 14.4 Å². The molecule has 2 fully saturated rings. The molecule has 3 aromatic carbocycles. The van der Waals surface area contributed by atoms with E-state index in [2.05, 4.69) is 22.6 Å². The largest absolute Gasteiger partial charge is 0.354 e. The summed E-state index contributed by atoms with van der Waals surface area (Å²) in [4.78, 5) is 44.4. The minimum atomic E-state index is -0.236. The normalized spacial score (nSPS) is 18.6. The van der Waals surface area contributed by atoms with Crippen LogP contribution in [0.5, 0.6) is 0 Å². The molecular weight excluding hydrogens is 526 g/mol. The van der Waals surface area contributed by atoms with E-state index in [0.29, 0.717) is 53.6 Å². The van der Waals surface area contributed by atoms with Crippen LogP contribution in [-0.2, 0) is 9.59 Å². The van der Waals surface area contributed by atoms with Crippen molar-refractivity contribution in [3.05, 3.63) is 88.4 Å². The lowest BCUT2D eigenvalue weighted by molar-refractivity contribution is -0.117. The van der Waals surface area contributed by atoms with Gasteiger partial charge in [0.2, 0.25) is 5.91 Å². The van der Waals surface area contributed by atoms with Gasteiger partial charge in [-0.25, -0.2) is 0 Å². The number of benzene rings is 3. The van der Waals surface area contributed by atoms with Crippen molar-refractivity contribution >= 4 is 57.7 Å². The first-order valence-electron chi connectivity index (χ1n) is 13.5. The Labute approximate surface area is 238 Å². The van der Waals surface area contributed by atoms with E-state index in [9.17, 15) is 14.4 Å². The van der Waals surface area contributed by atoms with Crippen LogP contribution >= 0.6 is 11.6 Å². The number of hydrogen-bond donors (Lipinski definition) is 2. The molecule has 204 valence electrons. The Morgan fingerprint density at radius 2 is 1.57 bits per heavy atom. The van der Waals surface area contributed by atoms with Gasteiger partial charge in [-0.15, -0.1) is 0 Å². The van der Waals surface area contributed by atoms with E-state index in [1.165, 1.54) is 0 Å². The summed E-state index contributed by atoms with van der Waals surface area (Å²) in [6.07, 6.45) is 1.41. The van der Waals surface area contributed by atoms with Gasteiger partial charge in [0.25, 0.3) is 11.8 Å². The van der Waals surface area contributed by atoms with E-state index >= 15 is 0 Å². The monoisotopic (exact) mass is 555 g/mol. The van der Waals surface area contributed by atoms with Crippen molar-refractivity contribution in [1.82, 2.24) is 9.80 Å². The molecule has 2 saturated heterocycles. The molecule has 40 heavy (non-hydrogen) atoms. The van der Waals surface area contributed by atoms with E-state index in [1.807, 2.05) is 59.5 Å². The zero-order valence-corrected chi connectivity index (χ0v) is 23.0. The molecule has 3 aliphatic heterocycles. The first kappa shape index (κ1) is 26.1. The predicted octanol–water partition coefficient (Wildman–Crippen LogP) is 4.79. The van der Waals surface area contributed by atoms with Crippen molar-refractivity contribution in [2.75, 3.05) is 55.3 Å². The third kappa shape index (κ3) is 5.08. The number of nitrogens with zero attached hydrogens (tertiary/aromatic N) is 3. The van der Waals surface area contributed by atoms with Crippen LogP contribution in [0, 0.1) is 0 Å². The summed E-state index contributed by atoms with van der Waals surface area (Å²) in [6.45, 7) is 3.86. The number of nitrogens with one attached hydrogen (secondary N) is 2. The van der Waals surface area contributed by atoms with Gasteiger partial charge >= 0.3 is 0 Å². The molecule has 6 rings (SSSR count). The first-order valence-corrected chi connectivity index (χ1v) is 13.9. The van der Waals surface area contributed by atoms with E-state index in [-0.39, 0.29) is 17.7 Å². The molecule has 3 aromatic rings. The Kier molecular flexibility index (Phi) is 7.04. The number of likely N-dealkylation sites (N-methyl/N-ethyl adjacent to an activating group) is 1. The minimum Gasteiger partial charge on any atom is -0.354 e. The zero-order valence-electron chi connectivity index (χ0n) is 22.2. The molecule has 3 amide bonds. The van der Waals surface area contributed by atoms with Gasteiger partial charge in [-0.1, -0.05) is 29.8 Å². The molecule has 3 heterocycles. The van der Waals surface area contributed by atoms with Gasteiger partial charge in [-0.2, -0.15) is 0 Å². The zero-order chi connectivity index (χ0) is 27.8. The first-order chi connectivity index (χ1) is 19.4. The van der Waals surface area contributed by atoms with Crippen LogP contribution in [0.4, 0.5) is 17.1 Å². The van der Waals surface area contributed by atoms with Gasteiger partial charge < -0.3 is 25.3 Å². The van der Waals surface area contributed by atoms with E-state index in [1.54, 1.807) is 17.0 Å². The summed E-state index contributed by atoms with van der Waals surface area (Å²) >= 11 is 6.19. The highest BCUT2D eigenvalue weighted by Crippen LogP contribution is 2.39. The Hall–Kier alpha value is -4.14. The van der Waals surface area contributed by atoms with E-state index < -0.39 is 0 Å². The average Bonchev–Trinajstić information content (AvgIpc) is 3.53. The molecule has 0 atom stereocenters. The topological polar surface area (TPSA) is 85.0 Å². The van der Waals surface area contributed by atoms with Crippen molar-refractivity contribution in [3.8, 4) is 0 Å². The lowest BCUT2D eigenvalue weighted by Gasteiger charge is -2.32. The van der Waals surface area contributed by atoms with Gasteiger partial charge in [0.1, 0.15) is 0 Å². The maximum atomic E-state index is 13.2. The molecule has 0 aromatic heterocycles. The second kappa shape index (κ2) is 10.8. The molecular formula is C31H30ClN5O3. The van der Waals surface area contributed by atoms with Crippen molar-refractivity contribution in [1.29, 1.82) is 0 Å². The highest BCUT2D eigenvalue weighted by atomic mass is 35.5. The smallest absolute Gasteiger partial charge is 0.258 e. The van der Waals surface area contributed by atoms with Crippen molar-refractivity contribution in [3.63, 3.8) is 0 Å². The molecule has 2 N–H and O–H groups in total. The molecule has 0 unspecified atom stereocenters. The lowest BCUT2D eigenvalue weighted by Crippen LogP contribution is -2.47. The number of carbonyl (C=O) groups excluding carboxylic acids is 3. The lowest BCUT2D eigenvalue weighted by atomic mass is 9.99. The maximum Gasteiger partial charge on any atom is 0.258 e. The highest BCUT2D eigenvalue weighted by molar-refractivity contribution is 6.38. The molecule has 0 bridgehead atoms. The molecule has 9 heteroatoms. The van der Waals surface area contributed by atoms with Gasteiger partial charge in [0.15, 0.2) is 0 Å². The second-order valence-electron chi connectivity index (χ2n) is 10.4. The second-order valence-corrected chi connectivity index (χ2v) is 10.8. The van der Waals surface area contributed by atoms with Crippen LogP contribution in [0.25, 0.3) is 11.3 Å². The van der Waals surface area contributed by atoms with Crippen LogP contribution < -0.4 is 15.5 Å². The summed E-state index contributed by atoms with van der Waals surface area (Å²) in [6, 6.07) is 20.3. The summed E-state index contributed by atoms with van der Waals surface area (Å²) in [5, 5.41) is 6.91. The third-order valence-corrected chi connectivity index (χ3v) is 7.94. The number of piperazine rings is 1. The van der Waals surface area contributed by atoms with Crippen LogP contribution in [0.1, 0.15) is 34.3 Å². The van der Waals surface area contributed by atoms with Gasteiger partial charge in [0.05, 0.1) is 17.0 Å². The van der Waals surface area contributed by atoms with E-state index in [0.717, 1.165) is 42.0 Å². The summed E-state index contributed by atoms with van der Waals surface area (Å²) in [5.41, 5.74) is 5.52. The third-order valence-electron chi connectivity index (χ3n) is 7.71. The average molecular weight is 556 g/mol. The molecule has 0 radical (unpaired) electrons. The Balaban J connectivity index is 1.33. The number of halogens is 1. The number of fused-ring (bicyclic) bond motifs is 1. The van der Waals surface area contributed by atoms with Gasteiger partial charge in [0, 0.05) is 66.7 Å². The molecule has 8 nitrogen and oxygen atoms in total. The molecule has 3 aliphatic rings. The Morgan fingerprint density at radius 3 is 2.25 bits per heavy atom. The number of anilines is 3. The molecule has 0 spiro atoms. The van der Waals surface area contributed by atoms with Gasteiger partial charge in [-0.05, 0) is 67.6 Å². The number of hydrogen-bond acceptors (Lipinski definition) is 5. The van der Waals surface area contributed by atoms with Crippen molar-refractivity contribution in [2.24, 2.45) is 0 Å². The fraction of sp³-hybridized carbons (Fsp3) is 0.258. The summed E-state index contributed by atoms with van der Waals surface area (Å²) in [5.74, 6) is -0.0941. The quantitative estimate of drug-likeness (QED) is 0.442. The molecule has 0 aliphatic carbocycles. The van der Waals surface area contributed by atoms with Crippen molar-refractivity contribution in [2.45, 2.75) is 12.8 Å². The number of amides is 3. The summed E-state index contributed by atoms with van der Waals surface area (Å²) in [7, 11) is 2.06. The highest BCUT2D eigenvalue weighted by Gasteiger charge is 2.29. The Morgan fingerprint density at radius 1 is 0.875 bits per heavy atom. The van der Waals surface area contributed by atoms with Crippen LogP contribution in [-0.4, -0.2) is 67.3 Å². The van der Waals surface area contributed by atoms with Crippen molar-refractivity contribution < 1.29 is 14.4 Å². The van der Waals surface area contributed by atoms with E-state index in [4.69, 9.17) is 11.6 Å². The standard InChI is InChI=1S/C31H30ClN5O3/c1-35-15-17-36(18-16-35)31(40)21-4-9-23(10-5-21)33-29(28-25-13-8-22(32)19-26(25)34-30(28)39)20-6-11-24(12-7-20)37-14-2-3-27(37)38/h4-13,19,33H,2-3,14-18H2,1H3,(H,34,39)/b29-28-. The van der Waals surface area contributed by atoms with Crippen LogP contribution in [0.2, 0.25) is 5.02 Å². The van der Waals surface area contributed by atoms with Crippen LogP contribution in [0.15, 0.2) is 66.7 Å². The minimum absolute atomic E-state index is 0.0197. The Bertz CT molecular complexity index is 1510. The predicted molar refractivity (Wildman–Crippen MR) is 158 cm³/mol. The maximum absolute atomic E-state index is 13.2.